The number of hydrogen-bond donors (Lipinski definition) is 2. The Kier molecular flexibility index (Phi) is 7.20. The number of aliphatic hydroxyl groups excluding tert-OH is 1. The van der Waals surface area contributed by atoms with Crippen LogP contribution in [0.5, 0.6) is 0 Å². The summed E-state index contributed by atoms with van der Waals surface area (Å²) >= 11 is 7.71. The quantitative estimate of drug-likeness (QED) is 0.628. The average molecular weight is 380 g/mol. The van der Waals surface area contributed by atoms with E-state index in [-0.39, 0.29) is 12.4 Å². The van der Waals surface area contributed by atoms with Crippen LogP contribution in [0.25, 0.3) is 0 Å². The molecule has 0 spiro atoms. The molecule has 1 atom stereocenters. The lowest BCUT2D eigenvalue weighted by molar-refractivity contribution is 0.0984. The van der Waals surface area contributed by atoms with Crippen LogP contribution in [-0.2, 0) is 12.8 Å². The van der Waals surface area contributed by atoms with E-state index in [1.165, 1.54) is 22.5 Å². The molecule has 3 N–H and O–H groups in total. The van der Waals surface area contributed by atoms with Crippen LogP contribution >= 0.6 is 22.9 Å². The molecule has 0 amide bonds. The highest BCUT2D eigenvalue weighted by molar-refractivity contribution is 7.14. The zero-order chi connectivity index (χ0) is 18.4. The lowest BCUT2D eigenvalue weighted by Gasteiger charge is -2.20. The molecular formula is C20H26ClNO2S. The number of ketones is 1. The third kappa shape index (κ3) is 6.23. The molecule has 1 aromatic carbocycles. The van der Waals surface area contributed by atoms with E-state index in [0.717, 1.165) is 17.7 Å². The van der Waals surface area contributed by atoms with Crippen LogP contribution in [0.3, 0.4) is 0 Å². The first-order chi connectivity index (χ1) is 11.8. The predicted octanol–water partition coefficient (Wildman–Crippen LogP) is 4.56. The van der Waals surface area contributed by atoms with E-state index in [0.29, 0.717) is 29.2 Å². The summed E-state index contributed by atoms with van der Waals surface area (Å²) in [6.07, 6.45) is 3.56. The van der Waals surface area contributed by atoms with Gasteiger partial charge in [0.25, 0.3) is 0 Å². The smallest absolute Gasteiger partial charge is 0.172 e. The molecule has 1 aromatic heterocycles. The predicted molar refractivity (Wildman–Crippen MR) is 106 cm³/mol. The number of aryl methyl sites for hydroxylation is 3. The molecule has 5 heteroatoms. The fraction of sp³-hybridized carbons (Fsp3) is 0.450. The summed E-state index contributed by atoms with van der Waals surface area (Å²) in [5.41, 5.74) is 7.84. The summed E-state index contributed by atoms with van der Waals surface area (Å²) in [5, 5.41) is 9.86. The number of halogens is 1. The normalized spacial score (nSPS) is 13.6. The minimum Gasteiger partial charge on any atom is -0.394 e. The number of nitrogens with two attached hydrogens (primary N) is 1. The highest BCUT2D eigenvalue weighted by Crippen LogP contribution is 2.30. The molecule has 0 bridgehead atoms. The molecule has 0 radical (unpaired) electrons. The molecule has 2 aromatic rings. The molecule has 0 aliphatic heterocycles. The Hall–Kier alpha value is -1.20. The molecule has 0 fully saturated rings. The molecule has 0 aliphatic carbocycles. The summed E-state index contributed by atoms with van der Waals surface area (Å²) in [5.74, 6) is 0.142. The molecule has 2 rings (SSSR count). The van der Waals surface area contributed by atoms with Crippen molar-refractivity contribution < 1.29 is 9.90 Å². The Morgan fingerprint density at radius 2 is 1.96 bits per heavy atom. The van der Waals surface area contributed by atoms with Gasteiger partial charge >= 0.3 is 0 Å². The first kappa shape index (κ1) is 20.1. The maximum absolute atomic E-state index is 12.4. The Morgan fingerprint density at radius 3 is 2.60 bits per heavy atom. The van der Waals surface area contributed by atoms with Gasteiger partial charge in [-0.3, -0.25) is 4.79 Å². The molecule has 0 aliphatic rings. The van der Waals surface area contributed by atoms with Crippen molar-refractivity contribution in [3.8, 4) is 0 Å². The van der Waals surface area contributed by atoms with Crippen molar-refractivity contribution in [2.45, 2.75) is 51.5 Å². The van der Waals surface area contributed by atoms with Gasteiger partial charge in [-0.2, -0.15) is 0 Å². The molecule has 0 saturated carbocycles. The topological polar surface area (TPSA) is 63.3 Å². The average Bonchev–Trinajstić information content (AvgIpc) is 2.96. The number of carbonyl (C=O) groups excluding carboxylic acids is 1. The van der Waals surface area contributed by atoms with Gasteiger partial charge in [-0.05, 0) is 51.2 Å². The Bertz CT molecular complexity index is 707. The highest BCUT2D eigenvalue weighted by atomic mass is 35.5. The SMILES string of the molecule is Cc1ccc(CCCC(=O)c2cc(Cl)c(CC[C@@](C)(N)CO)s2)cc1. The number of carbonyl (C=O) groups is 1. The second kappa shape index (κ2) is 8.95. The molecule has 3 nitrogen and oxygen atoms in total. The van der Waals surface area contributed by atoms with E-state index in [4.69, 9.17) is 17.3 Å². The molecule has 0 unspecified atom stereocenters. The van der Waals surface area contributed by atoms with Crippen LogP contribution < -0.4 is 5.73 Å². The summed E-state index contributed by atoms with van der Waals surface area (Å²) in [7, 11) is 0. The van der Waals surface area contributed by atoms with E-state index in [1.54, 1.807) is 6.07 Å². The maximum atomic E-state index is 12.4. The van der Waals surface area contributed by atoms with E-state index >= 15 is 0 Å². The van der Waals surface area contributed by atoms with Crippen molar-refractivity contribution in [2.75, 3.05) is 6.61 Å². The van der Waals surface area contributed by atoms with Gasteiger partial charge in [-0.15, -0.1) is 11.3 Å². The molecule has 136 valence electrons. The van der Waals surface area contributed by atoms with E-state index < -0.39 is 5.54 Å². The van der Waals surface area contributed by atoms with E-state index in [2.05, 4.69) is 31.2 Å². The number of rotatable bonds is 9. The number of thiophene rings is 1. The number of benzene rings is 1. The number of aliphatic hydroxyl groups is 1. The van der Waals surface area contributed by atoms with Crippen molar-refractivity contribution in [2.24, 2.45) is 5.73 Å². The van der Waals surface area contributed by atoms with Crippen molar-refractivity contribution in [3.05, 3.63) is 56.2 Å². The summed E-state index contributed by atoms with van der Waals surface area (Å²) in [6, 6.07) is 10.2. The van der Waals surface area contributed by atoms with Crippen LogP contribution in [0.1, 0.15) is 51.9 Å². The molecular weight excluding hydrogens is 354 g/mol. The zero-order valence-electron chi connectivity index (χ0n) is 14.8. The minimum atomic E-state index is -0.620. The molecule has 1 heterocycles. The van der Waals surface area contributed by atoms with Crippen molar-refractivity contribution in [1.82, 2.24) is 0 Å². The highest BCUT2D eigenvalue weighted by Gasteiger charge is 2.19. The second-order valence-corrected chi connectivity index (χ2v) is 8.50. The molecule has 25 heavy (non-hydrogen) atoms. The summed E-state index contributed by atoms with van der Waals surface area (Å²) in [4.78, 5) is 14.1. The van der Waals surface area contributed by atoms with Gasteiger partial charge in [-0.25, -0.2) is 0 Å². The van der Waals surface area contributed by atoms with E-state index in [1.807, 2.05) is 6.92 Å². The Balaban J connectivity index is 1.87. The standard InChI is InChI=1S/C20H26ClNO2S/c1-14-6-8-15(9-7-14)4-3-5-17(24)19-12-16(21)18(25-19)10-11-20(2,22)13-23/h6-9,12,23H,3-5,10-11,13,22H2,1-2H3/t20-/m1/s1. The van der Waals surface area contributed by atoms with Gasteiger partial charge in [0.1, 0.15) is 0 Å². The van der Waals surface area contributed by atoms with Crippen molar-refractivity contribution >= 4 is 28.7 Å². The van der Waals surface area contributed by atoms with Gasteiger partial charge in [0, 0.05) is 16.8 Å². The van der Waals surface area contributed by atoms with Gasteiger partial charge in [0.2, 0.25) is 0 Å². The Morgan fingerprint density at radius 1 is 1.28 bits per heavy atom. The molecule has 0 saturated heterocycles. The monoisotopic (exact) mass is 379 g/mol. The number of Topliss-reactive ketones (excluding diaryl/α,β-unsaturated/α-hetero) is 1. The second-order valence-electron chi connectivity index (χ2n) is 6.96. The summed E-state index contributed by atoms with van der Waals surface area (Å²) in [6.45, 7) is 3.81. The van der Waals surface area contributed by atoms with Crippen molar-refractivity contribution in [1.29, 1.82) is 0 Å². The third-order valence-electron chi connectivity index (χ3n) is 4.31. The van der Waals surface area contributed by atoms with Crippen LogP contribution in [0.2, 0.25) is 5.02 Å². The Labute approximate surface area is 158 Å². The minimum absolute atomic E-state index is 0.0687. The summed E-state index contributed by atoms with van der Waals surface area (Å²) < 4.78 is 0. The maximum Gasteiger partial charge on any atom is 0.172 e. The zero-order valence-corrected chi connectivity index (χ0v) is 16.4. The van der Waals surface area contributed by atoms with Crippen molar-refractivity contribution in [3.63, 3.8) is 0 Å². The van der Waals surface area contributed by atoms with Crippen LogP contribution in [-0.4, -0.2) is 23.0 Å². The van der Waals surface area contributed by atoms with Gasteiger partial charge < -0.3 is 10.8 Å². The third-order valence-corrected chi connectivity index (χ3v) is 5.99. The lowest BCUT2D eigenvalue weighted by Crippen LogP contribution is -2.40. The lowest BCUT2D eigenvalue weighted by atomic mass is 9.98. The fourth-order valence-electron chi connectivity index (χ4n) is 2.52. The van der Waals surface area contributed by atoms with Crippen LogP contribution in [0.4, 0.5) is 0 Å². The number of hydrogen-bond acceptors (Lipinski definition) is 4. The van der Waals surface area contributed by atoms with Crippen LogP contribution in [0, 0.1) is 6.92 Å². The largest absolute Gasteiger partial charge is 0.394 e. The van der Waals surface area contributed by atoms with Gasteiger partial charge in [-0.1, -0.05) is 41.4 Å². The van der Waals surface area contributed by atoms with Crippen LogP contribution in [0.15, 0.2) is 30.3 Å². The van der Waals surface area contributed by atoms with E-state index in [9.17, 15) is 9.90 Å². The van der Waals surface area contributed by atoms with Gasteiger partial charge in [0.05, 0.1) is 16.5 Å². The first-order valence-corrected chi connectivity index (χ1v) is 9.77. The first-order valence-electron chi connectivity index (χ1n) is 8.57. The fourth-order valence-corrected chi connectivity index (χ4v) is 3.93. The van der Waals surface area contributed by atoms with Gasteiger partial charge in [0.15, 0.2) is 5.78 Å².